The Kier molecular flexibility index (Phi) is 4.56. The predicted octanol–water partition coefficient (Wildman–Crippen LogP) is 1.66. The van der Waals surface area contributed by atoms with Gasteiger partial charge < -0.3 is 10.2 Å². The Bertz CT molecular complexity index is 674. The molecule has 7 nitrogen and oxygen atoms in total. The van der Waals surface area contributed by atoms with E-state index in [0.717, 1.165) is 51.9 Å². The summed E-state index contributed by atoms with van der Waals surface area (Å²) in [4.78, 5) is 35.6. The van der Waals surface area contributed by atoms with Gasteiger partial charge in [0.25, 0.3) is 5.91 Å². The predicted molar refractivity (Wildman–Crippen MR) is 98.6 cm³/mol. The maximum absolute atomic E-state index is 13.1. The van der Waals surface area contributed by atoms with Crippen molar-refractivity contribution in [3.8, 4) is 0 Å². The third kappa shape index (κ3) is 2.94. The molecule has 2 saturated heterocycles. The van der Waals surface area contributed by atoms with E-state index in [9.17, 15) is 9.59 Å². The fraction of sp³-hybridized carbons (Fsp3) is 0.632. The molecule has 1 aromatic rings. The van der Waals surface area contributed by atoms with Crippen molar-refractivity contribution in [1.82, 2.24) is 20.1 Å². The summed E-state index contributed by atoms with van der Waals surface area (Å²) in [7, 11) is 0. The number of nitrogens with zero attached hydrogens (tertiary/aromatic N) is 4. The molecule has 140 valence electrons. The molecule has 0 aromatic carbocycles. The first-order valence-corrected chi connectivity index (χ1v) is 9.61. The van der Waals surface area contributed by atoms with E-state index < -0.39 is 5.54 Å². The third-order valence-electron chi connectivity index (χ3n) is 6.24. The lowest BCUT2D eigenvalue weighted by atomic mass is 9.73. The fourth-order valence-electron chi connectivity index (χ4n) is 4.53. The Balaban J connectivity index is 1.38. The third-order valence-corrected chi connectivity index (χ3v) is 6.24. The van der Waals surface area contributed by atoms with E-state index in [1.165, 1.54) is 10.6 Å². The van der Waals surface area contributed by atoms with Gasteiger partial charge in [0.05, 0.1) is 6.67 Å². The van der Waals surface area contributed by atoms with Gasteiger partial charge in [0, 0.05) is 44.3 Å². The second kappa shape index (κ2) is 6.87. The van der Waals surface area contributed by atoms with E-state index in [2.05, 4.69) is 27.0 Å². The summed E-state index contributed by atoms with van der Waals surface area (Å²) in [6.07, 6.45) is 7.53. The largest absolute Gasteiger partial charge is 0.369 e. The van der Waals surface area contributed by atoms with E-state index in [1.807, 2.05) is 12.1 Å². The minimum atomic E-state index is -0.659. The number of pyridine rings is 1. The number of aromatic nitrogens is 1. The van der Waals surface area contributed by atoms with Crippen molar-refractivity contribution < 1.29 is 9.59 Å². The second-order valence-corrected chi connectivity index (χ2v) is 7.73. The highest BCUT2D eigenvalue weighted by molar-refractivity contribution is 6.07. The van der Waals surface area contributed by atoms with Crippen LogP contribution in [0.5, 0.6) is 0 Å². The standard InChI is InChI=1S/C19H27N5O2/c1-15-4-2-3-7-19(15)17(25)24(18(26)21-19)14-22-10-12-23(13-11-22)16-5-8-20-9-6-16/h5-6,8-9,15H,2-4,7,10-14H2,1H3,(H,21,26)/t15-,19+/m1/s1. The Morgan fingerprint density at radius 3 is 2.58 bits per heavy atom. The monoisotopic (exact) mass is 357 g/mol. The van der Waals surface area contributed by atoms with Gasteiger partial charge in [-0.05, 0) is 30.9 Å². The minimum absolute atomic E-state index is 0.0220. The second-order valence-electron chi connectivity index (χ2n) is 7.73. The van der Waals surface area contributed by atoms with Crippen LogP contribution >= 0.6 is 0 Å². The first-order valence-electron chi connectivity index (χ1n) is 9.61. The van der Waals surface area contributed by atoms with E-state index >= 15 is 0 Å². The van der Waals surface area contributed by atoms with Crippen LogP contribution in [0.25, 0.3) is 0 Å². The molecule has 1 spiro atoms. The van der Waals surface area contributed by atoms with Gasteiger partial charge in [-0.1, -0.05) is 19.8 Å². The summed E-state index contributed by atoms with van der Waals surface area (Å²) >= 11 is 0. The lowest BCUT2D eigenvalue weighted by Crippen LogP contribution is -2.55. The smallest absolute Gasteiger partial charge is 0.326 e. The van der Waals surface area contributed by atoms with Gasteiger partial charge in [-0.3, -0.25) is 14.7 Å². The molecule has 1 saturated carbocycles. The summed E-state index contributed by atoms with van der Waals surface area (Å²) in [5.41, 5.74) is 0.512. The number of nitrogens with one attached hydrogen (secondary N) is 1. The average Bonchev–Trinajstić information content (AvgIpc) is 2.90. The number of hydrogen-bond donors (Lipinski definition) is 1. The van der Waals surface area contributed by atoms with Crippen LogP contribution in [0.15, 0.2) is 24.5 Å². The Hall–Kier alpha value is -2.15. The Morgan fingerprint density at radius 1 is 1.15 bits per heavy atom. The topological polar surface area (TPSA) is 68.8 Å². The van der Waals surface area contributed by atoms with Crippen molar-refractivity contribution in [2.45, 2.75) is 38.1 Å². The zero-order chi connectivity index (χ0) is 18.1. The van der Waals surface area contributed by atoms with Gasteiger partial charge in [-0.25, -0.2) is 9.69 Å². The number of piperazine rings is 1. The fourth-order valence-corrected chi connectivity index (χ4v) is 4.53. The highest BCUT2D eigenvalue weighted by atomic mass is 16.2. The molecule has 3 heterocycles. The van der Waals surface area contributed by atoms with Crippen molar-refractivity contribution in [1.29, 1.82) is 0 Å². The van der Waals surface area contributed by atoms with Crippen LogP contribution in [0.2, 0.25) is 0 Å². The van der Waals surface area contributed by atoms with Gasteiger partial charge in [-0.15, -0.1) is 0 Å². The highest BCUT2D eigenvalue weighted by Crippen LogP contribution is 2.38. The number of anilines is 1. The minimum Gasteiger partial charge on any atom is -0.369 e. The SMILES string of the molecule is C[C@@H]1CCCC[C@]12NC(=O)N(CN1CCN(c3ccncc3)CC1)C2=O. The molecular weight excluding hydrogens is 330 g/mol. The van der Waals surface area contributed by atoms with E-state index in [1.54, 1.807) is 12.4 Å². The van der Waals surface area contributed by atoms with Crippen molar-refractivity contribution in [3.63, 3.8) is 0 Å². The summed E-state index contributed by atoms with van der Waals surface area (Å²) < 4.78 is 0. The molecule has 1 N–H and O–H groups in total. The normalized spacial score (nSPS) is 30.1. The van der Waals surface area contributed by atoms with Crippen molar-refractivity contribution in [2.75, 3.05) is 37.7 Å². The quantitative estimate of drug-likeness (QED) is 0.834. The molecule has 3 amide bonds. The molecule has 0 unspecified atom stereocenters. The van der Waals surface area contributed by atoms with Crippen LogP contribution in [-0.2, 0) is 4.79 Å². The molecule has 1 aliphatic carbocycles. The van der Waals surface area contributed by atoms with Gasteiger partial charge >= 0.3 is 6.03 Å². The number of imide groups is 1. The average molecular weight is 357 g/mol. The van der Waals surface area contributed by atoms with Crippen LogP contribution in [0.3, 0.4) is 0 Å². The molecule has 0 radical (unpaired) electrons. The van der Waals surface area contributed by atoms with Crippen LogP contribution in [0, 0.1) is 5.92 Å². The molecule has 4 rings (SSSR count). The van der Waals surface area contributed by atoms with Crippen molar-refractivity contribution in [2.24, 2.45) is 5.92 Å². The number of hydrogen-bond acceptors (Lipinski definition) is 5. The van der Waals surface area contributed by atoms with Gasteiger partial charge in [0.1, 0.15) is 5.54 Å². The van der Waals surface area contributed by atoms with Gasteiger partial charge in [0.15, 0.2) is 0 Å². The number of urea groups is 1. The van der Waals surface area contributed by atoms with Crippen LogP contribution < -0.4 is 10.2 Å². The van der Waals surface area contributed by atoms with Crippen LogP contribution in [0.1, 0.15) is 32.6 Å². The first kappa shape index (κ1) is 17.3. The summed E-state index contributed by atoms with van der Waals surface area (Å²) in [6.45, 7) is 5.92. The summed E-state index contributed by atoms with van der Waals surface area (Å²) in [5, 5.41) is 3.04. The van der Waals surface area contributed by atoms with Gasteiger partial charge in [0.2, 0.25) is 0 Å². The number of carbonyl (C=O) groups is 2. The Labute approximate surface area is 154 Å². The molecule has 26 heavy (non-hydrogen) atoms. The molecule has 3 fully saturated rings. The molecular formula is C19H27N5O2. The number of carbonyl (C=O) groups excluding carboxylic acids is 2. The number of rotatable bonds is 3. The van der Waals surface area contributed by atoms with E-state index in [0.29, 0.717) is 6.67 Å². The zero-order valence-corrected chi connectivity index (χ0v) is 15.4. The van der Waals surface area contributed by atoms with Crippen LogP contribution in [-0.4, -0.2) is 65.1 Å². The zero-order valence-electron chi connectivity index (χ0n) is 15.4. The number of amides is 3. The highest BCUT2D eigenvalue weighted by Gasteiger charge is 2.55. The van der Waals surface area contributed by atoms with Crippen molar-refractivity contribution in [3.05, 3.63) is 24.5 Å². The lowest BCUT2D eigenvalue weighted by Gasteiger charge is -2.38. The molecule has 7 heteroatoms. The van der Waals surface area contributed by atoms with Gasteiger partial charge in [-0.2, -0.15) is 0 Å². The summed E-state index contributed by atoms with van der Waals surface area (Å²) in [5.74, 6) is 0.188. The molecule has 2 aliphatic heterocycles. The summed E-state index contributed by atoms with van der Waals surface area (Å²) in [6, 6.07) is 3.81. The molecule has 0 bridgehead atoms. The molecule has 2 atom stereocenters. The maximum atomic E-state index is 13.1. The van der Waals surface area contributed by atoms with E-state index in [4.69, 9.17) is 0 Å². The Morgan fingerprint density at radius 2 is 1.88 bits per heavy atom. The van der Waals surface area contributed by atoms with E-state index in [-0.39, 0.29) is 17.9 Å². The lowest BCUT2D eigenvalue weighted by molar-refractivity contribution is -0.135. The molecule has 3 aliphatic rings. The maximum Gasteiger partial charge on any atom is 0.326 e. The molecule has 1 aromatic heterocycles. The van der Waals surface area contributed by atoms with Crippen molar-refractivity contribution >= 4 is 17.6 Å². The van der Waals surface area contributed by atoms with Crippen LogP contribution in [0.4, 0.5) is 10.5 Å². The first-order chi connectivity index (χ1) is 12.6.